The lowest BCUT2D eigenvalue weighted by Crippen LogP contribution is -2.28. The van der Waals surface area contributed by atoms with Crippen LogP contribution in [-0.4, -0.2) is 23.1 Å². The van der Waals surface area contributed by atoms with Crippen molar-refractivity contribution in [2.75, 3.05) is 12.4 Å². The lowest BCUT2D eigenvalue weighted by molar-refractivity contribution is 0.251. The quantitative estimate of drug-likeness (QED) is 0.753. The Labute approximate surface area is 138 Å². The van der Waals surface area contributed by atoms with Crippen LogP contribution in [0, 0.1) is 0 Å². The first-order valence-corrected chi connectivity index (χ1v) is 7.29. The number of urea groups is 1. The zero-order chi connectivity index (χ0) is 16.8. The van der Waals surface area contributed by atoms with Gasteiger partial charge in [0.1, 0.15) is 11.4 Å². The van der Waals surface area contributed by atoms with Crippen LogP contribution in [-0.2, 0) is 6.54 Å². The first-order chi connectivity index (χ1) is 11.8. The largest absolute Gasteiger partial charge is 0.497 e. The minimum Gasteiger partial charge on any atom is -0.497 e. The van der Waals surface area contributed by atoms with E-state index >= 15 is 0 Å². The second kappa shape index (κ2) is 7.28. The maximum Gasteiger partial charge on any atom is 0.319 e. The van der Waals surface area contributed by atoms with Gasteiger partial charge < -0.3 is 19.8 Å². The Morgan fingerprint density at radius 2 is 2.08 bits per heavy atom. The van der Waals surface area contributed by atoms with E-state index in [1.807, 2.05) is 0 Å². The molecule has 24 heavy (non-hydrogen) atoms. The number of anilines is 1. The van der Waals surface area contributed by atoms with Gasteiger partial charge in [-0.25, -0.2) is 9.78 Å². The Morgan fingerprint density at radius 3 is 2.88 bits per heavy atom. The van der Waals surface area contributed by atoms with Gasteiger partial charge in [0, 0.05) is 24.1 Å². The second-order valence-corrected chi connectivity index (χ2v) is 4.87. The van der Waals surface area contributed by atoms with Crippen LogP contribution in [0.3, 0.4) is 0 Å². The van der Waals surface area contributed by atoms with E-state index in [0.29, 0.717) is 28.6 Å². The number of methoxy groups -OCH3 is 1. The fourth-order valence-electron chi connectivity index (χ4n) is 2.16. The van der Waals surface area contributed by atoms with Crippen molar-refractivity contribution in [1.29, 1.82) is 0 Å². The van der Waals surface area contributed by atoms with Gasteiger partial charge in [-0.15, -0.1) is 0 Å². The smallest absolute Gasteiger partial charge is 0.319 e. The number of nitrogens with one attached hydrogen (secondary N) is 2. The molecule has 7 nitrogen and oxygen atoms in total. The lowest BCUT2D eigenvalue weighted by Gasteiger charge is -2.09. The molecule has 1 aromatic carbocycles. The zero-order valence-corrected chi connectivity index (χ0v) is 13.0. The van der Waals surface area contributed by atoms with Gasteiger partial charge in [-0.2, -0.15) is 0 Å². The van der Waals surface area contributed by atoms with Crippen molar-refractivity contribution in [3.05, 3.63) is 60.7 Å². The number of hydrogen-bond donors (Lipinski definition) is 2. The SMILES string of the molecule is COc1cccc(NC(=O)NCc2nccnc2-c2ccco2)c1. The Kier molecular flexibility index (Phi) is 4.71. The van der Waals surface area contributed by atoms with Crippen molar-refractivity contribution >= 4 is 11.7 Å². The Hall–Kier alpha value is -3.35. The molecular formula is C17H16N4O3. The molecule has 0 atom stereocenters. The fraction of sp³-hybridized carbons (Fsp3) is 0.118. The molecule has 0 saturated carbocycles. The van der Waals surface area contributed by atoms with Crippen LogP contribution in [0.5, 0.6) is 5.75 Å². The van der Waals surface area contributed by atoms with Gasteiger partial charge in [0.25, 0.3) is 0 Å². The van der Waals surface area contributed by atoms with Crippen LogP contribution in [0.1, 0.15) is 5.69 Å². The summed E-state index contributed by atoms with van der Waals surface area (Å²) < 4.78 is 10.5. The van der Waals surface area contributed by atoms with E-state index in [0.717, 1.165) is 0 Å². The van der Waals surface area contributed by atoms with Crippen molar-refractivity contribution < 1.29 is 13.9 Å². The molecule has 0 unspecified atom stereocenters. The molecule has 0 bridgehead atoms. The van der Waals surface area contributed by atoms with Gasteiger partial charge in [0.2, 0.25) is 0 Å². The number of amides is 2. The summed E-state index contributed by atoms with van der Waals surface area (Å²) in [5.74, 6) is 1.27. The molecule has 3 aromatic rings. The van der Waals surface area contributed by atoms with Crippen molar-refractivity contribution in [1.82, 2.24) is 15.3 Å². The van der Waals surface area contributed by atoms with Gasteiger partial charge in [0.05, 0.1) is 25.6 Å². The summed E-state index contributed by atoms with van der Waals surface area (Å²) in [5.41, 5.74) is 1.86. The number of ether oxygens (including phenoxy) is 1. The predicted octanol–water partition coefficient (Wildman–Crippen LogP) is 3.07. The molecule has 2 heterocycles. The van der Waals surface area contributed by atoms with Crippen LogP contribution >= 0.6 is 0 Å². The van der Waals surface area contributed by atoms with Gasteiger partial charge in [-0.1, -0.05) is 6.07 Å². The van der Waals surface area contributed by atoms with Gasteiger partial charge in [-0.3, -0.25) is 4.98 Å². The Bertz CT molecular complexity index is 818. The summed E-state index contributed by atoms with van der Waals surface area (Å²) in [5, 5.41) is 5.49. The van der Waals surface area contributed by atoms with Crippen LogP contribution in [0.15, 0.2) is 59.5 Å². The first kappa shape index (κ1) is 15.5. The number of aromatic nitrogens is 2. The Morgan fingerprint density at radius 1 is 1.21 bits per heavy atom. The van der Waals surface area contributed by atoms with Crippen LogP contribution < -0.4 is 15.4 Å². The van der Waals surface area contributed by atoms with E-state index in [1.165, 1.54) is 0 Å². The third kappa shape index (κ3) is 3.70. The molecule has 2 N–H and O–H groups in total. The molecule has 0 spiro atoms. The van der Waals surface area contributed by atoms with E-state index in [9.17, 15) is 4.79 Å². The van der Waals surface area contributed by atoms with Crippen LogP contribution in [0.4, 0.5) is 10.5 Å². The molecule has 2 amide bonds. The molecular weight excluding hydrogens is 308 g/mol. The topological polar surface area (TPSA) is 89.3 Å². The minimum atomic E-state index is -0.348. The molecule has 0 radical (unpaired) electrons. The number of benzene rings is 1. The van der Waals surface area contributed by atoms with Crippen molar-refractivity contribution in [2.45, 2.75) is 6.54 Å². The summed E-state index contributed by atoms with van der Waals surface area (Å²) >= 11 is 0. The lowest BCUT2D eigenvalue weighted by atomic mass is 10.2. The van der Waals surface area contributed by atoms with Crippen molar-refractivity contribution in [3.8, 4) is 17.2 Å². The Balaban J connectivity index is 1.65. The minimum absolute atomic E-state index is 0.222. The van der Waals surface area contributed by atoms with Crippen molar-refractivity contribution in [3.63, 3.8) is 0 Å². The molecule has 0 aliphatic heterocycles. The zero-order valence-electron chi connectivity index (χ0n) is 13.0. The summed E-state index contributed by atoms with van der Waals surface area (Å²) in [7, 11) is 1.57. The van der Waals surface area contributed by atoms with Crippen LogP contribution in [0.2, 0.25) is 0 Å². The van der Waals surface area contributed by atoms with Crippen LogP contribution in [0.25, 0.3) is 11.5 Å². The van der Waals surface area contributed by atoms with E-state index < -0.39 is 0 Å². The van der Waals surface area contributed by atoms with Gasteiger partial charge >= 0.3 is 6.03 Å². The molecule has 2 aromatic heterocycles. The number of furan rings is 1. The third-order valence-corrected chi connectivity index (χ3v) is 3.27. The number of nitrogens with zero attached hydrogens (tertiary/aromatic N) is 2. The summed E-state index contributed by atoms with van der Waals surface area (Å²) in [6.45, 7) is 0.222. The van der Waals surface area contributed by atoms with Crippen molar-refractivity contribution in [2.24, 2.45) is 0 Å². The second-order valence-electron chi connectivity index (χ2n) is 4.87. The number of hydrogen-bond acceptors (Lipinski definition) is 5. The summed E-state index contributed by atoms with van der Waals surface area (Å²) in [4.78, 5) is 20.6. The maximum atomic E-state index is 12.0. The molecule has 0 aliphatic rings. The maximum absolute atomic E-state index is 12.0. The molecule has 0 aliphatic carbocycles. The van der Waals surface area contributed by atoms with E-state index in [2.05, 4.69) is 20.6 Å². The van der Waals surface area contributed by atoms with Gasteiger partial charge in [-0.05, 0) is 24.3 Å². The highest BCUT2D eigenvalue weighted by Crippen LogP contribution is 2.20. The molecule has 3 rings (SSSR count). The summed E-state index contributed by atoms with van der Waals surface area (Å²) in [6.07, 6.45) is 4.72. The fourth-order valence-corrected chi connectivity index (χ4v) is 2.16. The number of rotatable bonds is 5. The normalized spacial score (nSPS) is 10.2. The molecule has 0 fully saturated rings. The molecule has 7 heteroatoms. The monoisotopic (exact) mass is 324 g/mol. The first-order valence-electron chi connectivity index (χ1n) is 7.29. The average Bonchev–Trinajstić information content (AvgIpc) is 3.15. The highest BCUT2D eigenvalue weighted by atomic mass is 16.5. The number of carbonyl (C=O) groups is 1. The van der Waals surface area contributed by atoms with Gasteiger partial charge in [0.15, 0.2) is 5.76 Å². The molecule has 0 saturated heterocycles. The van der Waals surface area contributed by atoms with E-state index in [1.54, 1.807) is 62.2 Å². The van der Waals surface area contributed by atoms with E-state index in [-0.39, 0.29) is 12.6 Å². The molecule has 122 valence electrons. The standard InChI is InChI=1S/C17H16N4O3/c1-23-13-5-2-4-12(10-13)21-17(22)20-11-14-16(19-8-7-18-14)15-6-3-9-24-15/h2-10H,11H2,1H3,(H2,20,21,22). The third-order valence-electron chi connectivity index (χ3n) is 3.27. The summed E-state index contributed by atoms with van der Waals surface area (Å²) in [6, 6.07) is 10.3. The average molecular weight is 324 g/mol. The highest BCUT2D eigenvalue weighted by Gasteiger charge is 2.11. The number of carbonyl (C=O) groups excluding carboxylic acids is 1. The highest BCUT2D eigenvalue weighted by molar-refractivity contribution is 5.89. The predicted molar refractivity (Wildman–Crippen MR) is 88.6 cm³/mol. The van der Waals surface area contributed by atoms with E-state index in [4.69, 9.17) is 9.15 Å².